The van der Waals surface area contributed by atoms with E-state index in [9.17, 15) is 14.4 Å². The maximum absolute atomic E-state index is 14.3. The number of para-hydroxylation sites is 1. The topological polar surface area (TPSA) is 111 Å². The van der Waals surface area contributed by atoms with Crippen LogP contribution in [-0.4, -0.2) is 53.6 Å². The Kier molecular flexibility index (Phi) is 8.87. The van der Waals surface area contributed by atoms with Gasteiger partial charge in [-0.15, -0.1) is 17.3 Å². The number of methoxy groups -OCH3 is 2. The van der Waals surface area contributed by atoms with Gasteiger partial charge in [0.15, 0.2) is 0 Å². The van der Waals surface area contributed by atoms with Crippen molar-refractivity contribution in [1.82, 2.24) is 14.1 Å². The summed E-state index contributed by atoms with van der Waals surface area (Å²) >= 11 is 1.29. The quantitative estimate of drug-likeness (QED) is 0.224. The summed E-state index contributed by atoms with van der Waals surface area (Å²) in [7, 11) is 2.83. The second kappa shape index (κ2) is 12.7. The number of benzene rings is 1. The maximum Gasteiger partial charge on any atom is 0.356 e. The lowest BCUT2D eigenvalue weighted by atomic mass is 10.1. The molecular weight excluding hydrogens is 558 g/mol. The van der Waals surface area contributed by atoms with Crippen molar-refractivity contribution < 1.29 is 23.7 Å². The van der Waals surface area contributed by atoms with Crippen LogP contribution in [0.3, 0.4) is 0 Å². The van der Waals surface area contributed by atoms with Gasteiger partial charge in [0, 0.05) is 25.0 Å². The molecular formula is C31H31N3O7S. The molecule has 0 aliphatic carbocycles. The molecule has 1 atom stereocenters. The zero-order valence-corrected chi connectivity index (χ0v) is 24.7. The third kappa shape index (κ3) is 5.61. The molecule has 0 amide bonds. The summed E-state index contributed by atoms with van der Waals surface area (Å²) in [6, 6.07) is 10.4. The van der Waals surface area contributed by atoms with Crippen LogP contribution in [0.2, 0.25) is 0 Å². The lowest BCUT2D eigenvalue weighted by Crippen LogP contribution is -2.40. The van der Waals surface area contributed by atoms with Gasteiger partial charge in [-0.05, 0) is 50.5 Å². The van der Waals surface area contributed by atoms with E-state index in [2.05, 4.69) is 16.8 Å². The van der Waals surface area contributed by atoms with Crippen molar-refractivity contribution in [3.63, 3.8) is 0 Å². The Labute approximate surface area is 246 Å². The third-order valence-corrected chi connectivity index (χ3v) is 8.44. The predicted octanol–water partition coefficient (Wildman–Crippen LogP) is 4.02. The molecule has 42 heavy (non-hydrogen) atoms. The van der Waals surface area contributed by atoms with Crippen LogP contribution in [-0.2, 0) is 20.8 Å². The average Bonchev–Trinajstić information content (AvgIpc) is 3.34. The Morgan fingerprint density at radius 3 is 2.67 bits per heavy atom. The van der Waals surface area contributed by atoms with Crippen LogP contribution in [0.5, 0.6) is 5.75 Å². The zero-order chi connectivity index (χ0) is 29.8. The molecule has 0 radical (unpaired) electrons. The number of thiophene rings is 1. The Morgan fingerprint density at radius 2 is 1.95 bits per heavy atom. The third-order valence-electron chi connectivity index (χ3n) is 7.21. The van der Waals surface area contributed by atoms with Gasteiger partial charge in [0.05, 0.1) is 42.8 Å². The Hall–Kier alpha value is -4.24. The molecule has 0 spiro atoms. The highest BCUT2D eigenvalue weighted by Crippen LogP contribution is 2.34. The zero-order valence-electron chi connectivity index (χ0n) is 23.8. The highest BCUT2D eigenvalue weighted by atomic mass is 32.1. The van der Waals surface area contributed by atoms with Crippen LogP contribution < -0.4 is 16.0 Å². The lowest BCUT2D eigenvalue weighted by molar-refractivity contribution is -0.0752. The minimum absolute atomic E-state index is 0.0257. The van der Waals surface area contributed by atoms with Gasteiger partial charge in [-0.2, -0.15) is 0 Å². The Bertz CT molecular complexity index is 1810. The number of nitrogens with zero attached hydrogens (tertiary/aromatic N) is 3. The number of carbonyl (C=O) groups is 1. The Morgan fingerprint density at radius 1 is 1.19 bits per heavy atom. The number of fused-ring (bicyclic) bond motifs is 1. The van der Waals surface area contributed by atoms with E-state index in [1.54, 1.807) is 18.6 Å². The maximum atomic E-state index is 14.3. The normalized spacial score (nSPS) is 14.3. The SMILES string of the molecule is CC#Cc1sc2c(c1C)c(=O)n(-c1ccnc(C(=O)OC)c1)c(=O)n2C[C@H](OC1CCOCC1)c1ccccc1OC. The van der Waals surface area contributed by atoms with Crippen molar-refractivity contribution in [2.45, 2.75) is 45.4 Å². The molecule has 4 aromatic rings. The largest absolute Gasteiger partial charge is 0.496 e. The summed E-state index contributed by atoms with van der Waals surface area (Å²) in [5.41, 5.74) is 0.542. The first-order valence-corrected chi connectivity index (χ1v) is 14.3. The molecule has 5 rings (SSSR count). The van der Waals surface area contributed by atoms with Crippen molar-refractivity contribution in [3.8, 4) is 23.3 Å². The number of carbonyl (C=O) groups excluding carboxylic acids is 1. The number of esters is 1. The van der Waals surface area contributed by atoms with E-state index in [-0.39, 0.29) is 24.0 Å². The van der Waals surface area contributed by atoms with E-state index < -0.39 is 23.3 Å². The summed E-state index contributed by atoms with van der Waals surface area (Å²) in [5.74, 6) is 5.91. The number of hydrogen-bond donors (Lipinski definition) is 0. The fourth-order valence-electron chi connectivity index (χ4n) is 5.10. The summed E-state index contributed by atoms with van der Waals surface area (Å²) in [4.78, 5) is 45.7. The van der Waals surface area contributed by atoms with E-state index in [0.717, 1.165) is 23.0 Å². The average molecular weight is 590 g/mol. The molecule has 1 aliphatic rings. The number of pyridine rings is 1. The molecule has 0 bridgehead atoms. The number of ether oxygens (including phenoxy) is 4. The van der Waals surface area contributed by atoms with Gasteiger partial charge in [-0.25, -0.2) is 19.1 Å². The molecule has 218 valence electrons. The molecule has 10 nitrogen and oxygen atoms in total. The number of aryl methyl sites for hydroxylation is 1. The summed E-state index contributed by atoms with van der Waals surface area (Å²) in [6.07, 6.45) is 2.14. The van der Waals surface area contributed by atoms with Gasteiger partial charge in [0.25, 0.3) is 5.56 Å². The van der Waals surface area contributed by atoms with Crippen LogP contribution >= 0.6 is 11.3 Å². The van der Waals surface area contributed by atoms with Gasteiger partial charge >= 0.3 is 11.7 Å². The molecule has 0 unspecified atom stereocenters. The second-order valence-corrected chi connectivity index (χ2v) is 10.7. The summed E-state index contributed by atoms with van der Waals surface area (Å²) in [5, 5.41) is 0.374. The molecule has 11 heteroatoms. The first-order chi connectivity index (χ1) is 20.4. The van der Waals surface area contributed by atoms with Crippen molar-refractivity contribution in [3.05, 3.63) is 85.1 Å². The minimum atomic E-state index is -0.681. The van der Waals surface area contributed by atoms with Gasteiger partial charge in [-0.3, -0.25) is 9.36 Å². The van der Waals surface area contributed by atoms with E-state index >= 15 is 0 Å². The van der Waals surface area contributed by atoms with Crippen LogP contribution in [0.25, 0.3) is 15.9 Å². The standard InChI is InChI=1S/C31H31N3O7S/c1-5-8-26-19(2)27-28(35)34(20-11-14-32-23(17-20)30(36)39-4)31(37)33(29(27)42-26)18-25(41-21-12-15-40-16-13-21)22-9-6-7-10-24(22)38-3/h6-7,9-11,14,17,21,25H,12-13,15-16,18H2,1-4H3/t25-/m0/s1. The smallest absolute Gasteiger partial charge is 0.356 e. The van der Waals surface area contributed by atoms with Crippen molar-refractivity contribution >= 4 is 27.5 Å². The predicted molar refractivity (Wildman–Crippen MR) is 159 cm³/mol. The molecule has 1 fully saturated rings. The molecule has 4 heterocycles. The van der Waals surface area contributed by atoms with E-state index in [0.29, 0.717) is 39.6 Å². The van der Waals surface area contributed by atoms with Gasteiger partial charge in [-0.1, -0.05) is 24.1 Å². The van der Waals surface area contributed by atoms with Crippen molar-refractivity contribution in [1.29, 1.82) is 0 Å². The van der Waals surface area contributed by atoms with Crippen molar-refractivity contribution in [2.75, 3.05) is 27.4 Å². The number of hydrogen-bond acceptors (Lipinski definition) is 9. The number of aromatic nitrogens is 3. The molecule has 0 N–H and O–H groups in total. The summed E-state index contributed by atoms with van der Waals surface area (Å²) < 4.78 is 25.3. The van der Waals surface area contributed by atoms with Crippen LogP contribution in [0, 0.1) is 18.8 Å². The van der Waals surface area contributed by atoms with Crippen LogP contribution in [0.15, 0.2) is 52.2 Å². The van der Waals surface area contributed by atoms with Gasteiger partial charge in [0.2, 0.25) is 0 Å². The fraction of sp³-hybridized carbons (Fsp3) is 0.355. The van der Waals surface area contributed by atoms with Crippen LogP contribution in [0.4, 0.5) is 0 Å². The minimum Gasteiger partial charge on any atom is -0.496 e. The molecule has 1 aromatic carbocycles. The highest BCUT2D eigenvalue weighted by molar-refractivity contribution is 7.19. The van der Waals surface area contributed by atoms with E-state index in [1.165, 1.54) is 36.8 Å². The molecule has 1 aliphatic heterocycles. The molecule has 0 saturated carbocycles. The number of rotatable bonds is 8. The monoisotopic (exact) mass is 589 g/mol. The van der Waals surface area contributed by atoms with Crippen molar-refractivity contribution in [2.24, 2.45) is 0 Å². The van der Waals surface area contributed by atoms with E-state index in [1.807, 2.05) is 31.2 Å². The molecule has 1 saturated heterocycles. The first-order valence-electron chi connectivity index (χ1n) is 13.5. The van der Waals surface area contributed by atoms with Gasteiger partial charge in [0.1, 0.15) is 22.4 Å². The van der Waals surface area contributed by atoms with Crippen LogP contribution in [0.1, 0.15) is 52.4 Å². The first kappa shape index (κ1) is 29.3. The van der Waals surface area contributed by atoms with Gasteiger partial charge < -0.3 is 18.9 Å². The second-order valence-electron chi connectivity index (χ2n) is 9.71. The molecule has 3 aromatic heterocycles. The van der Waals surface area contributed by atoms with E-state index in [4.69, 9.17) is 18.9 Å². The lowest BCUT2D eigenvalue weighted by Gasteiger charge is -2.29. The Balaban J connectivity index is 1.75. The fourth-order valence-corrected chi connectivity index (χ4v) is 6.31. The summed E-state index contributed by atoms with van der Waals surface area (Å²) in [6.45, 7) is 4.82. The highest BCUT2D eigenvalue weighted by Gasteiger charge is 2.28.